The molecular formula is C15H13BrF3NO. The van der Waals surface area contributed by atoms with Crippen molar-refractivity contribution in [2.45, 2.75) is 13.0 Å². The molecule has 0 fully saturated rings. The minimum absolute atomic E-state index is 0.374. The van der Waals surface area contributed by atoms with Crippen molar-refractivity contribution >= 4 is 15.9 Å². The summed E-state index contributed by atoms with van der Waals surface area (Å²) in [5, 5.41) is 0. The Morgan fingerprint density at radius 2 is 1.76 bits per heavy atom. The molecule has 0 aliphatic carbocycles. The van der Waals surface area contributed by atoms with Crippen LogP contribution in [0.1, 0.15) is 24.1 Å². The molecule has 1 unspecified atom stereocenters. The normalized spacial score (nSPS) is 12.3. The molecule has 0 aliphatic rings. The van der Waals surface area contributed by atoms with Gasteiger partial charge in [0, 0.05) is 22.2 Å². The first-order valence-electron chi connectivity index (χ1n) is 6.26. The summed E-state index contributed by atoms with van der Waals surface area (Å²) >= 11 is 3.30. The molecule has 0 saturated heterocycles. The molecule has 112 valence electrons. The number of rotatable bonds is 4. The van der Waals surface area contributed by atoms with Crippen LogP contribution in [0.4, 0.5) is 13.2 Å². The summed E-state index contributed by atoms with van der Waals surface area (Å²) in [6.45, 7) is 2.34. The lowest BCUT2D eigenvalue weighted by Crippen LogP contribution is -2.16. The third kappa shape index (κ3) is 3.39. The predicted molar refractivity (Wildman–Crippen MR) is 77.7 cm³/mol. The number of hydrogen-bond donors (Lipinski definition) is 1. The molecule has 0 spiro atoms. The van der Waals surface area contributed by atoms with Crippen LogP contribution in [0.2, 0.25) is 0 Å². The maximum Gasteiger partial charge on any atom is 0.134 e. The zero-order valence-electron chi connectivity index (χ0n) is 11.2. The molecule has 2 rings (SSSR count). The highest BCUT2D eigenvalue weighted by Gasteiger charge is 2.21. The van der Waals surface area contributed by atoms with Gasteiger partial charge in [-0.05, 0) is 24.6 Å². The third-order valence-electron chi connectivity index (χ3n) is 2.97. The van der Waals surface area contributed by atoms with Crippen LogP contribution in [0.25, 0.3) is 0 Å². The molecule has 6 heteroatoms. The first-order valence-corrected chi connectivity index (χ1v) is 7.05. The van der Waals surface area contributed by atoms with Gasteiger partial charge < -0.3 is 10.5 Å². The number of halogens is 4. The summed E-state index contributed by atoms with van der Waals surface area (Å²) in [5.74, 6) is -2.39. The second kappa shape index (κ2) is 6.49. The number of hydrogen-bond acceptors (Lipinski definition) is 2. The lowest BCUT2D eigenvalue weighted by Gasteiger charge is -2.17. The lowest BCUT2D eigenvalue weighted by molar-refractivity contribution is 0.340. The average Bonchev–Trinajstić information content (AvgIpc) is 2.37. The van der Waals surface area contributed by atoms with Gasteiger partial charge in [-0.3, -0.25) is 0 Å². The standard InChI is InChI=1S/C15H13BrF3NO/c1-2-21-9-3-4-10(11(16)7-9)15(20)14-12(18)5-8(17)6-13(14)19/h3-7,15H,2,20H2,1H3. The van der Waals surface area contributed by atoms with E-state index in [1.54, 1.807) is 18.2 Å². The largest absolute Gasteiger partial charge is 0.494 e. The molecule has 0 radical (unpaired) electrons. The molecule has 0 amide bonds. The summed E-state index contributed by atoms with van der Waals surface area (Å²) < 4.78 is 46.4. The predicted octanol–water partition coefficient (Wildman–Crippen LogP) is 4.31. The molecule has 2 N–H and O–H groups in total. The van der Waals surface area contributed by atoms with E-state index in [-0.39, 0.29) is 5.56 Å². The number of ether oxygens (including phenoxy) is 1. The zero-order chi connectivity index (χ0) is 15.6. The monoisotopic (exact) mass is 359 g/mol. The van der Waals surface area contributed by atoms with Gasteiger partial charge in [-0.1, -0.05) is 22.0 Å². The van der Waals surface area contributed by atoms with Crippen LogP contribution in [0.15, 0.2) is 34.8 Å². The van der Waals surface area contributed by atoms with E-state index in [2.05, 4.69) is 15.9 Å². The van der Waals surface area contributed by atoms with E-state index >= 15 is 0 Å². The van der Waals surface area contributed by atoms with Crippen molar-refractivity contribution in [3.05, 3.63) is 63.4 Å². The maximum absolute atomic E-state index is 13.8. The van der Waals surface area contributed by atoms with Gasteiger partial charge in [-0.25, -0.2) is 13.2 Å². The van der Waals surface area contributed by atoms with E-state index in [1.165, 1.54) is 0 Å². The highest BCUT2D eigenvalue weighted by Crippen LogP contribution is 2.32. The van der Waals surface area contributed by atoms with Gasteiger partial charge in [-0.2, -0.15) is 0 Å². The van der Waals surface area contributed by atoms with Gasteiger partial charge in [0.2, 0.25) is 0 Å². The van der Waals surface area contributed by atoms with E-state index in [0.29, 0.717) is 34.5 Å². The van der Waals surface area contributed by atoms with Crippen molar-refractivity contribution in [3.8, 4) is 5.75 Å². The van der Waals surface area contributed by atoms with Crippen molar-refractivity contribution < 1.29 is 17.9 Å². The first kappa shape index (κ1) is 15.9. The lowest BCUT2D eigenvalue weighted by atomic mass is 9.98. The molecule has 0 aromatic heterocycles. The number of nitrogens with two attached hydrogens (primary N) is 1. The quantitative estimate of drug-likeness (QED) is 0.882. The molecule has 2 nitrogen and oxygen atoms in total. The van der Waals surface area contributed by atoms with Gasteiger partial charge in [0.05, 0.1) is 12.6 Å². The van der Waals surface area contributed by atoms with Gasteiger partial charge >= 0.3 is 0 Å². The summed E-state index contributed by atoms with van der Waals surface area (Å²) in [7, 11) is 0. The van der Waals surface area contributed by atoms with Crippen LogP contribution < -0.4 is 10.5 Å². The van der Waals surface area contributed by atoms with E-state index in [1.807, 2.05) is 6.92 Å². The maximum atomic E-state index is 13.8. The van der Waals surface area contributed by atoms with Crippen molar-refractivity contribution in [2.24, 2.45) is 5.73 Å². The molecule has 2 aromatic carbocycles. The molecule has 2 aromatic rings. The van der Waals surface area contributed by atoms with Gasteiger partial charge in [-0.15, -0.1) is 0 Å². The molecule has 0 bridgehead atoms. The molecule has 1 atom stereocenters. The Hall–Kier alpha value is -1.53. The van der Waals surface area contributed by atoms with E-state index in [0.717, 1.165) is 0 Å². The van der Waals surface area contributed by atoms with Crippen LogP contribution in [0, 0.1) is 17.5 Å². The Balaban J connectivity index is 2.43. The minimum atomic E-state index is -1.06. The summed E-state index contributed by atoms with van der Waals surface area (Å²) in [6.07, 6.45) is 0. The Bertz CT molecular complexity index is 640. The van der Waals surface area contributed by atoms with Crippen LogP contribution in [-0.2, 0) is 0 Å². The molecule has 0 aliphatic heterocycles. The highest BCUT2D eigenvalue weighted by molar-refractivity contribution is 9.10. The van der Waals surface area contributed by atoms with Crippen molar-refractivity contribution in [1.82, 2.24) is 0 Å². The van der Waals surface area contributed by atoms with Gasteiger partial charge in [0.1, 0.15) is 23.2 Å². The molecule has 0 heterocycles. The summed E-state index contributed by atoms with van der Waals surface area (Å²) in [6, 6.07) is 5.10. The minimum Gasteiger partial charge on any atom is -0.494 e. The Morgan fingerprint density at radius 1 is 1.14 bits per heavy atom. The first-order chi connectivity index (χ1) is 9.93. The van der Waals surface area contributed by atoms with E-state index in [9.17, 15) is 13.2 Å². The fourth-order valence-corrected chi connectivity index (χ4v) is 2.63. The van der Waals surface area contributed by atoms with Gasteiger partial charge in [0.25, 0.3) is 0 Å². The third-order valence-corrected chi connectivity index (χ3v) is 3.66. The second-order valence-electron chi connectivity index (χ2n) is 4.38. The Labute approximate surface area is 128 Å². The van der Waals surface area contributed by atoms with Crippen molar-refractivity contribution in [2.75, 3.05) is 6.61 Å². The van der Waals surface area contributed by atoms with Crippen LogP contribution in [-0.4, -0.2) is 6.61 Å². The topological polar surface area (TPSA) is 35.2 Å². The van der Waals surface area contributed by atoms with Crippen molar-refractivity contribution in [3.63, 3.8) is 0 Å². The van der Waals surface area contributed by atoms with Crippen LogP contribution in [0.5, 0.6) is 5.75 Å². The average molecular weight is 360 g/mol. The molecular weight excluding hydrogens is 347 g/mol. The molecule has 0 saturated carbocycles. The second-order valence-corrected chi connectivity index (χ2v) is 5.23. The summed E-state index contributed by atoms with van der Waals surface area (Å²) in [4.78, 5) is 0. The molecule has 21 heavy (non-hydrogen) atoms. The fraction of sp³-hybridized carbons (Fsp3) is 0.200. The summed E-state index contributed by atoms with van der Waals surface area (Å²) in [5.41, 5.74) is 6.02. The van der Waals surface area contributed by atoms with Crippen molar-refractivity contribution in [1.29, 1.82) is 0 Å². The smallest absolute Gasteiger partial charge is 0.134 e. The van der Waals surface area contributed by atoms with E-state index in [4.69, 9.17) is 10.5 Å². The van der Waals surface area contributed by atoms with Crippen LogP contribution in [0.3, 0.4) is 0 Å². The Kier molecular flexibility index (Phi) is 4.90. The fourth-order valence-electron chi connectivity index (χ4n) is 2.02. The number of benzene rings is 2. The van der Waals surface area contributed by atoms with Crippen LogP contribution >= 0.6 is 15.9 Å². The highest BCUT2D eigenvalue weighted by atomic mass is 79.9. The van der Waals surface area contributed by atoms with Gasteiger partial charge in [0.15, 0.2) is 0 Å². The SMILES string of the molecule is CCOc1ccc(C(N)c2c(F)cc(F)cc2F)c(Br)c1. The Morgan fingerprint density at radius 3 is 2.29 bits per heavy atom. The van der Waals surface area contributed by atoms with E-state index < -0.39 is 23.5 Å². The zero-order valence-corrected chi connectivity index (χ0v) is 12.8.